The Morgan fingerprint density at radius 1 is 0.590 bits per heavy atom. The number of carbonyl (C=O) groups excluding carboxylic acids is 5. The summed E-state index contributed by atoms with van der Waals surface area (Å²) in [6, 6.07) is 12.8. The van der Waals surface area contributed by atoms with Gasteiger partial charge in [-0.1, -0.05) is 12.1 Å². The van der Waals surface area contributed by atoms with Crippen molar-refractivity contribution < 1.29 is 57.1 Å². The number of ketones is 1. The first-order valence-corrected chi connectivity index (χ1v) is 11.7. The number of ether oxygens (including phenoxy) is 7. The fourth-order valence-electron chi connectivity index (χ4n) is 3.12. The molecule has 0 saturated heterocycles. The molecule has 0 aromatic heterocycles. The van der Waals surface area contributed by atoms with E-state index in [1.54, 1.807) is 36.4 Å². The fraction of sp³-hybridized carbons (Fsp3) is 0.370. The summed E-state index contributed by atoms with van der Waals surface area (Å²) in [5, 5.41) is 0. The highest BCUT2D eigenvalue weighted by Crippen LogP contribution is 2.19. The van der Waals surface area contributed by atoms with Crippen molar-refractivity contribution in [2.24, 2.45) is 5.92 Å². The third kappa shape index (κ3) is 11.5. The predicted molar refractivity (Wildman–Crippen MR) is 133 cm³/mol. The summed E-state index contributed by atoms with van der Waals surface area (Å²) in [7, 11) is 3.73. The third-order valence-corrected chi connectivity index (χ3v) is 5.16. The molecule has 0 aliphatic rings. The Labute approximate surface area is 225 Å². The number of carbonyl (C=O) groups is 5. The highest BCUT2D eigenvalue weighted by Gasteiger charge is 2.24. The molecule has 12 heteroatoms. The van der Waals surface area contributed by atoms with E-state index in [1.807, 2.05) is 0 Å². The minimum Gasteiger partial charge on any atom is -0.482 e. The van der Waals surface area contributed by atoms with E-state index >= 15 is 0 Å². The normalized spacial score (nSPS) is 10.9. The lowest BCUT2D eigenvalue weighted by Gasteiger charge is -2.15. The van der Waals surface area contributed by atoms with Crippen molar-refractivity contribution in [3.8, 4) is 17.2 Å². The lowest BCUT2D eigenvalue weighted by Crippen LogP contribution is -2.25. The van der Waals surface area contributed by atoms with Crippen LogP contribution in [0.3, 0.4) is 0 Å². The van der Waals surface area contributed by atoms with E-state index in [4.69, 9.17) is 23.7 Å². The maximum Gasteiger partial charge on any atom is 0.344 e. The molecule has 1 atom stereocenters. The number of hydrogen-bond donors (Lipinski definition) is 0. The number of Topliss-reactive ketones (excluding diaryl/α,β-unsaturated/α-hetero) is 1. The Morgan fingerprint density at radius 2 is 1.03 bits per heavy atom. The standard InChI is InChI=1S/C27H30O12/c1-33-24(29)15-36-21-6-4-18(5-7-21)12-19(27(32)35-3)13-20(28)14-39-26(31)17-38-23-10-8-22(9-11-23)37-16-25(30)34-2/h4-11,19H,12-17H2,1-3H3. The van der Waals surface area contributed by atoms with Gasteiger partial charge in [0, 0.05) is 6.42 Å². The SMILES string of the molecule is COC(=O)COc1ccc(CC(CC(=O)COC(=O)COc2ccc(OCC(=O)OC)cc2)C(=O)OC)cc1. The van der Waals surface area contributed by atoms with Gasteiger partial charge < -0.3 is 33.2 Å². The van der Waals surface area contributed by atoms with Crippen LogP contribution in [-0.4, -0.2) is 77.4 Å². The van der Waals surface area contributed by atoms with Crippen molar-refractivity contribution in [3.63, 3.8) is 0 Å². The van der Waals surface area contributed by atoms with Crippen LogP contribution in [0.15, 0.2) is 48.5 Å². The van der Waals surface area contributed by atoms with Gasteiger partial charge in [-0.05, 0) is 48.4 Å². The molecule has 0 bridgehead atoms. The van der Waals surface area contributed by atoms with E-state index in [1.165, 1.54) is 33.5 Å². The van der Waals surface area contributed by atoms with Crippen molar-refractivity contribution in [2.75, 3.05) is 47.8 Å². The van der Waals surface area contributed by atoms with Gasteiger partial charge in [0.05, 0.1) is 27.2 Å². The van der Waals surface area contributed by atoms with Gasteiger partial charge in [-0.15, -0.1) is 0 Å². The Bertz CT molecular complexity index is 1110. The van der Waals surface area contributed by atoms with Gasteiger partial charge in [-0.2, -0.15) is 0 Å². The Morgan fingerprint density at radius 3 is 1.46 bits per heavy atom. The molecule has 0 amide bonds. The van der Waals surface area contributed by atoms with Crippen LogP contribution in [0, 0.1) is 5.92 Å². The van der Waals surface area contributed by atoms with Crippen LogP contribution < -0.4 is 14.2 Å². The molecule has 210 valence electrons. The van der Waals surface area contributed by atoms with Gasteiger partial charge in [0.1, 0.15) is 23.9 Å². The summed E-state index contributed by atoms with van der Waals surface area (Å²) in [5.41, 5.74) is 0.732. The zero-order valence-electron chi connectivity index (χ0n) is 21.8. The zero-order chi connectivity index (χ0) is 28.6. The number of benzene rings is 2. The lowest BCUT2D eigenvalue weighted by molar-refractivity contribution is -0.151. The summed E-state index contributed by atoms with van der Waals surface area (Å²) in [4.78, 5) is 58.9. The molecule has 0 heterocycles. The molecule has 0 aliphatic heterocycles. The van der Waals surface area contributed by atoms with Crippen LogP contribution in [0.2, 0.25) is 0 Å². The first-order chi connectivity index (χ1) is 18.7. The second-order valence-corrected chi connectivity index (χ2v) is 7.96. The van der Waals surface area contributed by atoms with Gasteiger partial charge in [0.2, 0.25) is 0 Å². The van der Waals surface area contributed by atoms with Gasteiger partial charge in [-0.3, -0.25) is 9.59 Å². The average molecular weight is 547 g/mol. The molecule has 0 saturated carbocycles. The monoisotopic (exact) mass is 546 g/mol. The first-order valence-electron chi connectivity index (χ1n) is 11.7. The Kier molecular flexibility index (Phi) is 12.8. The smallest absolute Gasteiger partial charge is 0.344 e. The highest BCUT2D eigenvalue weighted by molar-refractivity contribution is 5.87. The fourth-order valence-corrected chi connectivity index (χ4v) is 3.12. The molecular weight excluding hydrogens is 516 g/mol. The van der Waals surface area contributed by atoms with Crippen LogP contribution in [0.25, 0.3) is 0 Å². The molecule has 1 unspecified atom stereocenters. The molecule has 2 rings (SSSR count). The van der Waals surface area contributed by atoms with E-state index in [2.05, 4.69) is 9.47 Å². The van der Waals surface area contributed by atoms with E-state index in [-0.39, 0.29) is 26.1 Å². The topological polar surface area (TPSA) is 150 Å². The van der Waals surface area contributed by atoms with Crippen molar-refractivity contribution >= 4 is 29.7 Å². The Hall–Kier alpha value is -4.61. The lowest BCUT2D eigenvalue weighted by atomic mass is 9.94. The summed E-state index contributed by atoms with van der Waals surface area (Å²) in [6.07, 6.45) is 0.000526. The first kappa shape index (κ1) is 30.6. The number of hydrogen-bond acceptors (Lipinski definition) is 12. The minimum atomic E-state index is -0.792. The molecule has 0 aliphatic carbocycles. The van der Waals surface area contributed by atoms with Crippen LogP contribution in [0.1, 0.15) is 12.0 Å². The van der Waals surface area contributed by atoms with E-state index in [0.29, 0.717) is 17.2 Å². The molecule has 12 nitrogen and oxygen atoms in total. The van der Waals surface area contributed by atoms with Gasteiger partial charge in [-0.25, -0.2) is 14.4 Å². The molecular formula is C27H30O12. The van der Waals surface area contributed by atoms with E-state index in [0.717, 1.165) is 5.56 Å². The number of rotatable bonds is 16. The number of esters is 4. The van der Waals surface area contributed by atoms with Crippen LogP contribution in [0.5, 0.6) is 17.2 Å². The van der Waals surface area contributed by atoms with Crippen molar-refractivity contribution in [1.29, 1.82) is 0 Å². The van der Waals surface area contributed by atoms with Gasteiger partial charge in [0.15, 0.2) is 25.6 Å². The summed E-state index contributed by atoms with van der Waals surface area (Å²) in [5.74, 6) is -2.47. The number of methoxy groups -OCH3 is 3. The van der Waals surface area contributed by atoms with Crippen LogP contribution in [0.4, 0.5) is 0 Å². The van der Waals surface area contributed by atoms with Gasteiger partial charge >= 0.3 is 23.9 Å². The quantitative estimate of drug-likeness (QED) is 0.223. The maximum absolute atomic E-state index is 12.4. The van der Waals surface area contributed by atoms with E-state index < -0.39 is 48.8 Å². The van der Waals surface area contributed by atoms with Crippen LogP contribution >= 0.6 is 0 Å². The maximum atomic E-state index is 12.4. The molecule has 0 N–H and O–H groups in total. The minimum absolute atomic E-state index is 0.200. The second kappa shape index (κ2) is 16.3. The van der Waals surface area contributed by atoms with Crippen molar-refractivity contribution in [1.82, 2.24) is 0 Å². The van der Waals surface area contributed by atoms with Crippen molar-refractivity contribution in [2.45, 2.75) is 12.8 Å². The summed E-state index contributed by atoms with van der Waals surface area (Å²) in [6.45, 7) is -1.46. The van der Waals surface area contributed by atoms with Crippen LogP contribution in [-0.2, 0) is 49.3 Å². The molecule has 2 aromatic rings. The van der Waals surface area contributed by atoms with E-state index in [9.17, 15) is 24.0 Å². The summed E-state index contributed by atoms with van der Waals surface area (Å²) >= 11 is 0. The molecule has 2 aromatic carbocycles. The largest absolute Gasteiger partial charge is 0.482 e. The van der Waals surface area contributed by atoms with Gasteiger partial charge in [0.25, 0.3) is 0 Å². The molecule has 0 radical (unpaired) electrons. The molecule has 0 fully saturated rings. The molecule has 39 heavy (non-hydrogen) atoms. The average Bonchev–Trinajstić information content (AvgIpc) is 2.96. The zero-order valence-corrected chi connectivity index (χ0v) is 21.8. The highest BCUT2D eigenvalue weighted by atomic mass is 16.6. The third-order valence-electron chi connectivity index (χ3n) is 5.16. The Balaban J connectivity index is 1.78. The van der Waals surface area contributed by atoms with Crippen molar-refractivity contribution in [3.05, 3.63) is 54.1 Å². The summed E-state index contributed by atoms with van der Waals surface area (Å²) < 4.78 is 34.6. The molecule has 0 spiro atoms. The second-order valence-electron chi connectivity index (χ2n) is 7.96. The predicted octanol–water partition coefficient (Wildman–Crippen LogP) is 1.70.